The third-order valence-electron chi connectivity index (χ3n) is 3.68. The van der Waals surface area contributed by atoms with E-state index in [1.54, 1.807) is 12.1 Å². The molecule has 0 saturated carbocycles. The van der Waals surface area contributed by atoms with Crippen LogP contribution in [-0.4, -0.2) is 25.3 Å². The molecule has 0 bridgehead atoms. The van der Waals surface area contributed by atoms with E-state index in [-0.39, 0.29) is 12.1 Å². The van der Waals surface area contributed by atoms with Gasteiger partial charge in [-0.25, -0.2) is 4.79 Å². The van der Waals surface area contributed by atoms with Gasteiger partial charge < -0.3 is 15.4 Å². The second-order valence-electron chi connectivity index (χ2n) is 5.55. The molecule has 124 valence electrons. The minimum Gasteiger partial charge on any atom is -0.376 e. The standard InChI is InChI=1S/C18H20N4O2/c23-18(19-13-17-7-4-12-24-17)20-14-8-10-16(11-9-14)22-21-15-5-2-1-3-6-15/h1-3,5-6,8-11,17H,4,7,12-13H2,(H2,19,20,23). The molecule has 1 saturated heterocycles. The molecule has 1 atom stereocenters. The van der Waals surface area contributed by atoms with Gasteiger partial charge in [-0.2, -0.15) is 10.2 Å². The van der Waals surface area contributed by atoms with Crippen LogP contribution >= 0.6 is 0 Å². The molecule has 2 aromatic carbocycles. The highest BCUT2D eigenvalue weighted by Crippen LogP contribution is 2.20. The molecule has 6 nitrogen and oxygen atoms in total. The zero-order valence-corrected chi connectivity index (χ0v) is 13.3. The maximum atomic E-state index is 11.8. The molecular weight excluding hydrogens is 304 g/mol. The average Bonchev–Trinajstić information content (AvgIpc) is 3.14. The lowest BCUT2D eigenvalue weighted by Gasteiger charge is -2.11. The number of carbonyl (C=O) groups excluding carboxylic acids is 1. The van der Waals surface area contributed by atoms with Gasteiger partial charge >= 0.3 is 6.03 Å². The Hall–Kier alpha value is -2.73. The van der Waals surface area contributed by atoms with Crippen molar-refractivity contribution in [1.82, 2.24) is 5.32 Å². The maximum absolute atomic E-state index is 11.8. The van der Waals surface area contributed by atoms with E-state index < -0.39 is 0 Å². The van der Waals surface area contributed by atoms with E-state index in [1.165, 1.54) is 0 Å². The molecule has 2 amide bonds. The Labute approximate surface area is 140 Å². The summed E-state index contributed by atoms with van der Waals surface area (Å²) in [6.45, 7) is 1.32. The first-order valence-corrected chi connectivity index (χ1v) is 8.03. The van der Waals surface area contributed by atoms with Crippen molar-refractivity contribution in [2.45, 2.75) is 18.9 Å². The fraction of sp³-hybridized carbons (Fsp3) is 0.278. The van der Waals surface area contributed by atoms with E-state index in [0.29, 0.717) is 12.2 Å². The number of urea groups is 1. The highest BCUT2D eigenvalue weighted by molar-refractivity contribution is 5.89. The van der Waals surface area contributed by atoms with Crippen LogP contribution in [0.4, 0.5) is 21.9 Å². The Kier molecular flexibility index (Phi) is 5.52. The summed E-state index contributed by atoms with van der Waals surface area (Å²) in [6.07, 6.45) is 2.20. The van der Waals surface area contributed by atoms with E-state index in [9.17, 15) is 4.79 Å². The zero-order valence-electron chi connectivity index (χ0n) is 13.3. The first-order chi connectivity index (χ1) is 11.8. The Morgan fingerprint density at radius 1 is 1.04 bits per heavy atom. The van der Waals surface area contributed by atoms with Crippen molar-refractivity contribution >= 4 is 23.1 Å². The summed E-state index contributed by atoms with van der Waals surface area (Å²) in [5, 5.41) is 13.9. The number of hydrogen-bond acceptors (Lipinski definition) is 4. The number of carbonyl (C=O) groups is 1. The summed E-state index contributed by atoms with van der Waals surface area (Å²) in [7, 11) is 0. The van der Waals surface area contributed by atoms with E-state index in [2.05, 4.69) is 20.9 Å². The number of amides is 2. The molecule has 1 unspecified atom stereocenters. The average molecular weight is 324 g/mol. The first kappa shape index (κ1) is 16.1. The van der Waals surface area contributed by atoms with Crippen LogP contribution in [0.15, 0.2) is 64.8 Å². The number of rotatable bonds is 5. The van der Waals surface area contributed by atoms with Crippen molar-refractivity contribution in [2.24, 2.45) is 10.2 Å². The van der Waals surface area contributed by atoms with Gasteiger partial charge in [-0.15, -0.1) is 0 Å². The lowest BCUT2D eigenvalue weighted by Crippen LogP contribution is -2.34. The minimum absolute atomic E-state index is 0.136. The van der Waals surface area contributed by atoms with E-state index in [0.717, 1.165) is 30.8 Å². The highest BCUT2D eigenvalue weighted by atomic mass is 16.5. The smallest absolute Gasteiger partial charge is 0.319 e. The van der Waals surface area contributed by atoms with Gasteiger partial charge in [0.2, 0.25) is 0 Å². The van der Waals surface area contributed by atoms with Crippen molar-refractivity contribution in [3.63, 3.8) is 0 Å². The van der Waals surface area contributed by atoms with Gasteiger partial charge in [-0.1, -0.05) is 18.2 Å². The van der Waals surface area contributed by atoms with Crippen LogP contribution in [-0.2, 0) is 4.74 Å². The van der Waals surface area contributed by atoms with Crippen LogP contribution in [0.5, 0.6) is 0 Å². The third kappa shape index (κ3) is 4.89. The van der Waals surface area contributed by atoms with Gasteiger partial charge in [0, 0.05) is 18.8 Å². The topological polar surface area (TPSA) is 75.1 Å². The van der Waals surface area contributed by atoms with Crippen LogP contribution < -0.4 is 10.6 Å². The Balaban J connectivity index is 1.48. The zero-order chi connectivity index (χ0) is 16.6. The normalized spacial score (nSPS) is 17.1. The predicted octanol–water partition coefficient (Wildman–Crippen LogP) is 4.40. The number of nitrogens with zero attached hydrogens (tertiary/aromatic N) is 2. The monoisotopic (exact) mass is 324 g/mol. The van der Waals surface area contributed by atoms with Crippen LogP contribution in [0.2, 0.25) is 0 Å². The molecule has 1 aliphatic rings. The number of azo groups is 1. The lowest BCUT2D eigenvalue weighted by atomic mass is 10.2. The van der Waals surface area contributed by atoms with Crippen molar-refractivity contribution in [3.8, 4) is 0 Å². The van der Waals surface area contributed by atoms with Crippen molar-refractivity contribution in [3.05, 3.63) is 54.6 Å². The molecule has 0 spiro atoms. The SMILES string of the molecule is O=C(NCC1CCCO1)Nc1ccc(N=Nc2ccccc2)cc1. The fourth-order valence-electron chi connectivity index (χ4n) is 2.41. The molecule has 0 aromatic heterocycles. The molecule has 0 aliphatic carbocycles. The Morgan fingerprint density at radius 3 is 2.42 bits per heavy atom. The van der Waals surface area contributed by atoms with Crippen LogP contribution in [0.3, 0.4) is 0 Å². The van der Waals surface area contributed by atoms with Crippen molar-refractivity contribution < 1.29 is 9.53 Å². The molecule has 1 heterocycles. The van der Waals surface area contributed by atoms with E-state index in [1.807, 2.05) is 42.5 Å². The second-order valence-corrected chi connectivity index (χ2v) is 5.55. The van der Waals surface area contributed by atoms with E-state index in [4.69, 9.17) is 4.74 Å². The van der Waals surface area contributed by atoms with E-state index >= 15 is 0 Å². The number of hydrogen-bond donors (Lipinski definition) is 2. The van der Waals surface area contributed by atoms with Crippen molar-refractivity contribution in [2.75, 3.05) is 18.5 Å². The summed E-state index contributed by atoms with van der Waals surface area (Å²) >= 11 is 0. The Morgan fingerprint density at radius 2 is 1.75 bits per heavy atom. The number of benzene rings is 2. The van der Waals surface area contributed by atoms with Crippen LogP contribution in [0.25, 0.3) is 0 Å². The third-order valence-corrected chi connectivity index (χ3v) is 3.68. The highest BCUT2D eigenvalue weighted by Gasteiger charge is 2.15. The fourth-order valence-corrected chi connectivity index (χ4v) is 2.41. The molecule has 1 fully saturated rings. The van der Waals surface area contributed by atoms with Gasteiger partial charge in [0.1, 0.15) is 0 Å². The number of nitrogens with one attached hydrogen (secondary N) is 2. The minimum atomic E-state index is -0.232. The molecule has 0 radical (unpaired) electrons. The summed E-state index contributed by atoms with van der Waals surface area (Å²) in [4.78, 5) is 11.8. The predicted molar refractivity (Wildman–Crippen MR) is 93.1 cm³/mol. The second kappa shape index (κ2) is 8.21. The van der Waals surface area contributed by atoms with Gasteiger partial charge in [0.15, 0.2) is 0 Å². The first-order valence-electron chi connectivity index (χ1n) is 8.03. The number of ether oxygens (including phenoxy) is 1. The molecule has 3 rings (SSSR count). The summed E-state index contributed by atoms with van der Waals surface area (Å²) in [5.41, 5.74) is 2.23. The van der Waals surface area contributed by atoms with Crippen LogP contribution in [0, 0.1) is 0 Å². The molecular formula is C18H20N4O2. The van der Waals surface area contributed by atoms with Gasteiger partial charge in [0.05, 0.1) is 17.5 Å². The largest absolute Gasteiger partial charge is 0.376 e. The quantitative estimate of drug-likeness (QED) is 0.800. The molecule has 2 N–H and O–H groups in total. The molecule has 24 heavy (non-hydrogen) atoms. The lowest BCUT2D eigenvalue weighted by molar-refractivity contribution is 0.112. The maximum Gasteiger partial charge on any atom is 0.319 e. The summed E-state index contributed by atoms with van der Waals surface area (Å²) < 4.78 is 5.47. The number of anilines is 1. The van der Waals surface area contributed by atoms with Crippen molar-refractivity contribution in [1.29, 1.82) is 0 Å². The summed E-state index contributed by atoms with van der Waals surface area (Å²) in [5.74, 6) is 0. The van der Waals surface area contributed by atoms with Gasteiger partial charge in [-0.3, -0.25) is 0 Å². The Bertz CT molecular complexity index is 680. The van der Waals surface area contributed by atoms with Crippen LogP contribution in [0.1, 0.15) is 12.8 Å². The molecule has 1 aliphatic heterocycles. The molecule has 6 heteroatoms. The summed E-state index contributed by atoms with van der Waals surface area (Å²) in [6, 6.07) is 16.5. The van der Waals surface area contributed by atoms with Gasteiger partial charge in [0.25, 0.3) is 0 Å². The molecule has 2 aromatic rings. The van der Waals surface area contributed by atoms with Gasteiger partial charge in [-0.05, 0) is 49.2 Å².